The average molecular weight is 195 g/mol. The molecular formula is C10H17N3O. The Hall–Kier alpha value is -1.16. The molecule has 0 bridgehead atoms. The molecule has 0 aliphatic carbocycles. The highest BCUT2D eigenvalue weighted by molar-refractivity contribution is 5.93. The van der Waals surface area contributed by atoms with Gasteiger partial charge in [-0.1, -0.05) is 6.92 Å². The molecule has 1 heterocycles. The minimum atomic E-state index is 0.0888. The van der Waals surface area contributed by atoms with Crippen LogP contribution >= 0.6 is 0 Å². The van der Waals surface area contributed by atoms with Crippen molar-refractivity contribution < 1.29 is 4.79 Å². The molecule has 0 fully saturated rings. The number of hydrogen-bond donors (Lipinski definition) is 1. The minimum absolute atomic E-state index is 0.0888. The van der Waals surface area contributed by atoms with E-state index in [4.69, 9.17) is 0 Å². The molecule has 78 valence electrons. The topological polar surface area (TPSA) is 46.9 Å². The van der Waals surface area contributed by atoms with E-state index in [0.717, 1.165) is 6.54 Å². The van der Waals surface area contributed by atoms with Crippen LogP contribution in [0.3, 0.4) is 0 Å². The normalized spacial score (nSPS) is 12.8. The van der Waals surface area contributed by atoms with Crippen LogP contribution < -0.4 is 5.32 Å². The zero-order chi connectivity index (χ0) is 10.6. The van der Waals surface area contributed by atoms with Gasteiger partial charge in [0, 0.05) is 31.9 Å². The summed E-state index contributed by atoms with van der Waals surface area (Å²) in [5.74, 6) is 0.626. The van der Waals surface area contributed by atoms with Crippen LogP contribution in [0.15, 0.2) is 12.4 Å². The molecule has 1 aromatic rings. The first-order valence-corrected chi connectivity index (χ1v) is 4.89. The molecule has 0 spiro atoms. The predicted molar refractivity (Wildman–Crippen MR) is 55.3 cm³/mol. The van der Waals surface area contributed by atoms with Crippen molar-refractivity contribution in [1.82, 2.24) is 14.9 Å². The summed E-state index contributed by atoms with van der Waals surface area (Å²) in [5.41, 5.74) is 0. The maximum atomic E-state index is 11.7. The second-order valence-electron chi connectivity index (χ2n) is 3.45. The van der Waals surface area contributed by atoms with Crippen molar-refractivity contribution in [3.8, 4) is 0 Å². The predicted octanol–water partition coefficient (Wildman–Crippen LogP) is 0.991. The van der Waals surface area contributed by atoms with Crippen LogP contribution in [0.2, 0.25) is 0 Å². The summed E-state index contributed by atoms with van der Waals surface area (Å²) in [4.78, 5) is 15.7. The number of aromatic nitrogens is 2. The van der Waals surface area contributed by atoms with Crippen molar-refractivity contribution in [3.63, 3.8) is 0 Å². The number of rotatable bonds is 5. The molecule has 4 heteroatoms. The molecule has 0 aromatic carbocycles. The first kappa shape index (κ1) is 10.9. The third kappa shape index (κ3) is 2.67. The van der Waals surface area contributed by atoms with Crippen molar-refractivity contribution in [2.24, 2.45) is 7.05 Å². The summed E-state index contributed by atoms with van der Waals surface area (Å²) >= 11 is 0. The van der Waals surface area contributed by atoms with Gasteiger partial charge in [-0.15, -0.1) is 0 Å². The molecule has 14 heavy (non-hydrogen) atoms. The van der Waals surface area contributed by atoms with E-state index in [0.29, 0.717) is 12.2 Å². The fraction of sp³-hybridized carbons (Fsp3) is 0.600. The van der Waals surface area contributed by atoms with E-state index in [-0.39, 0.29) is 11.8 Å². The number of hydrogen-bond acceptors (Lipinski definition) is 3. The number of ketones is 1. The Morgan fingerprint density at radius 2 is 2.43 bits per heavy atom. The summed E-state index contributed by atoms with van der Waals surface area (Å²) < 4.78 is 1.75. The Balaban J connectivity index is 2.55. The maximum absolute atomic E-state index is 11.7. The summed E-state index contributed by atoms with van der Waals surface area (Å²) in [7, 11) is 1.83. The monoisotopic (exact) mass is 195 g/mol. The number of nitrogens with zero attached hydrogens (tertiary/aromatic N) is 2. The van der Waals surface area contributed by atoms with Gasteiger partial charge in [-0.05, 0) is 13.5 Å². The molecule has 1 N–H and O–H groups in total. The third-order valence-electron chi connectivity index (χ3n) is 2.11. The van der Waals surface area contributed by atoms with Crippen molar-refractivity contribution in [2.75, 3.05) is 6.54 Å². The number of Topliss-reactive ketones (excluding diaryl/α,β-unsaturated/α-hetero) is 1. The molecule has 0 aliphatic heterocycles. The van der Waals surface area contributed by atoms with Crippen LogP contribution in [0.4, 0.5) is 0 Å². The molecular weight excluding hydrogens is 178 g/mol. The molecule has 1 aromatic heterocycles. The van der Waals surface area contributed by atoms with Gasteiger partial charge in [0.2, 0.25) is 0 Å². The van der Waals surface area contributed by atoms with Crippen LogP contribution in [0.25, 0.3) is 0 Å². The first-order valence-electron chi connectivity index (χ1n) is 4.89. The van der Waals surface area contributed by atoms with Crippen LogP contribution in [-0.4, -0.2) is 27.9 Å². The highest BCUT2D eigenvalue weighted by atomic mass is 16.1. The molecule has 0 aliphatic rings. The van der Waals surface area contributed by atoms with E-state index >= 15 is 0 Å². The van der Waals surface area contributed by atoms with Gasteiger partial charge in [0.1, 0.15) is 0 Å². The number of aryl methyl sites for hydroxylation is 1. The van der Waals surface area contributed by atoms with Crippen molar-refractivity contribution >= 4 is 5.78 Å². The van der Waals surface area contributed by atoms with E-state index in [2.05, 4.69) is 10.3 Å². The standard InChI is InChI=1S/C10H17N3O/c1-4-11-8(2)7-9(14)10-12-5-6-13(10)3/h5-6,8,11H,4,7H2,1-3H3. The Kier molecular flexibility index (Phi) is 3.83. The lowest BCUT2D eigenvalue weighted by atomic mass is 10.1. The van der Waals surface area contributed by atoms with Crippen LogP contribution in [-0.2, 0) is 7.05 Å². The van der Waals surface area contributed by atoms with E-state index in [9.17, 15) is 4.79 Å². The van der Waals surface area contributed by atoms with E-state index in [1.807, 2.05) is 20.9 Å². The summed E-state index contributed by atoms with van der Waals surface area (Å²) in [6, 6.07) is 0.212. The lowest BCUT2D eigenvalue weighted by Gasteiger charge is -2.10. The Labute approximate surface area is 84.3 Å². The Morgan fingerprint density at radius 1 is 1.71 bits per heavy atom. The second-order valence-corrected chi connectivity index (χ2v) is 3.45. The highest BCUT2D eigenvalue weighted by Gasteiger charge is 2.13. The van der Waals surface area contributed by atoms with Crippen LogP contribution in [0, 0.1) is 0 Å². The summed E-state index contributed by atoms with van der Waals surface area (Å²) in [6.45, 7) is 4.92. The van der Waals surface area contributed by atoms with Gasteiger partial charge in [-0.25, -0.2) is 4.98 Å². The molecule has 0 saturated heterocycles. The van der Waals surface area contributed by atoms with Crippen LogP contribution in [0.1, 0.15) is 30.9 Å². The zero-order valence-corrected chi connectivity index (χ0v) is 8.95. The molecule has 1 rings (SSSR count). The van der Waals surface area contributed by atoms with Gasteiger partial charge in [0.25, 0.3) is 0 Å². The Morgan fingerprint density at radius 3 is 2.93 bits per heavy atom. The smallest absolute Gasteiger partial charge is 0.199 e. The zero-order valence-electron chi connectivity index (χ0n) is 8.95. The van der Waals surface area contributed by atoms with Gasteiger partial charge in [-0.2, -0.15) is 0 Å². The van der Waals surface area contributed by atoms with Gasteiger partial charge in [-0.3, -0.25) is 4.79 Å². The van der Waals surface area contributed by atoms with Crippen LogP contribution in [0.5, 0.6) is 0 Å². The van der Waals surface area contributed by atoms with E-state index in [1.165, 1.54) is 0 Å². The first-order chi connectivity index (χ1) is 6.65. The number of carbonyl (C=O) groups is 1. The van der Waals surface area contributed by atoms with Gasteiger partial charge in [0.15, 0.2) is 11.6 Å². The molecule has 0 saturated carbocycles. The van der Waals surface area contributed by atoms with Gasteiger partial charge >= 0.3 is 0 Å². The average Bonchev–Trinajstić information content (AvgIpc) is 2.51. The van der Waals surface area contributed by atoms with Crippen molar-refractivity contribution in [2.45, 2.75) is 26.3 Å². The van der Waals surface area contributed by atoms with E-state index in [1.54, 1.807) is 17.0 Å². The lowest BCUT2D eigenvalue weighted by molar-refractivity contribution is 0.0958. The number of imidazole rings is 1. The number of carbonyl (C=O) groups excluding carboxylic acids is 1. The van der Waals surface area contributed by atoms with Gasteiger partial charge < -0.3 is 9.88 Å². The van der Waals surface area contributed by atoms with Crippen molar-refractivity contribution in [3.05, 3.63) is 18.2 Å². The molecule has 1 unspecified atom stereocenters. The Bertz CT molecular complexity index is 306. The lowest BCUT2D eigenvalue weighted by Crippen LogP contribution is -2.28. The third-order valence-corrected chi connectivity index (χ3v) is 2.11. The maximum Gasteiger partial charge on any atom is 0.199 e. The fourth-order valence-electron chi connectivity index (χ4n) is 1.42. The van der Waals surface area contributed by atoms with Crippen molar-refractivity contribution in [1.29, 1.82) is 0 Å². The molecule has 0 radical (unpaired) electrons. The highest BCUT2D eigenvalue weighted by Crippen LogP contribution is 2.02. The minimum Gasteiger partial charge on any atom is -0.332 e. The molecule has 0 amide bonds. The largest absolute Gasteiger partial charge is 0.332 e. The molecule has 1 atom stereocenters. The quantitative estimate of drug-likeness (QED) is 0.713. The summed E-state index contributed by atoms with van der Waals surface area (Å²) in [6.07, 6.45) is 3.93. The fourth-order valence-corrected chi connectivity index (χ4v) is 1.42. The van der Waals surface area contributed by atoms with E-state index < -0.39 is 0 Å². The second kappa shape index (κ2) is 4.91. The van der Waals surface area contributed by atoms with Gasteiger partial charge in [0.05, 0.1) is 0 Å². The SMILES string of the molecule is CCNC(C)CC(=O)c1nccn1C. The summed E-state index contributed by atoms with van der Waals surface area (Å²) in [5, 5.41) is 3.20. The number of nitrogens with one attached hydrogen (secondary N) is 1. The molecule has 4 nitrogen and oxygen atoms in total.